The van der Waals surface area contributed by atoms with Crippen LogP contribution in [-0.4, -0.2) is 29.5 Å². The van der Waals surface area contributed by atoms with Gasteiger partial charge in [0.25, 0.3) is 5.69 Å². The highest BCUT2D eigenvalue weighted by molar-refractivity contribution is 5.61. The van der Waals surface area contributed by atoms with Crippen LogP contribution >= 0.6 is 0 Å². The van der Waals surface area contributed by atoms with Gasteiger partial charge in [0.1, 0.15) is 11.8 Å². The van der Waals surface area contributed by atoms with Crippen molar-refractivity contribution >= 4 is 11.4 Å². The van der Waals surface area contributed by atoms with E-state index >= 15 is 0 Å². The minimum atomic E-state index is -0.499. The van der Waals surface area contributed by atoms with Crippen LogP contribution in [-0.2, 0) is 0 Å². The van der Waals surface area contributed by atoms with Crippen LogP contribution in [0.4, 0.5) is 11.4 Å². The number of nitro groups is 1. The molecular formula is C17H18N4O3. The number of anilines is 1. The molecule has 0 unspecified atom stereocenters. The molecule has 0 amide bonds. The summed E-state index contributed by atoms with van der Waals surface area (Å²) in [5.74, 6) is 0.879. The Balaban J connectivity index is 1.77. The molecule has 0 saturated carbocycles. The van der Waals surface area contributed by atoms with Crippen molar-refractivity contribution in [1.82, 2.24) is 4.90 Å². The standard InChI is InChI=1S/C17H18N4O3/c18-11-13-10-14(21(22)23)5-6-15(13)19-12-16(17-4-3-9-24-17)20-7-1-2-8-20/h3-6,9-10,16,19H,1-2,7-8,12H2/t16-/m0/s1. The number of nitrogens with zero attached hydrogens (tertiary/aromatic N) is 3. The number of benzene rings is 1. The predicted molar refractivity (Wildman–Crippen MR) is 88.6 cm³/mol. The van der Waals surface area contributed by atoms with Crippen molar-refractivity contribution in [3.05, 3.63) is 58.0 Å². The summed E-state index contributed by atoms with van der Waals surface area (Å²) in [6.07, 6.45) is 3.99. The molecule has 0 bridgehead atoms. The number of rotatable bonds is 6. The van der Waals surface area contributed by atoms with Gasteiger partial charge in [0.15, 0.2) is 0 Å². The maximum Gasteiger partial charge on any atom is 0.270 e. The number of non-ortho nitro benzene ring substituents is 1. The van der Waals surface area contributed by atoms with E-state index in [2.05, 4.69) is 10.2 Å². The van der Waals surface area contributed by atoms with E-state index in [0.717, 1.165) is 31.7 Å². The van der Waals surface area contributed by atoms with Crippen LogP contribution < -0.4 is 5.32 Å². The highest BCUT2D eigenvalue weighted by Gasteiger charge is 2.25. The zero-order valence-electron chi connectivity index (χ0n) is 13.1. The Hall–Kier alpha value is -2.85. The van der Waals surface area contributed by atoms with Crippen molar-refractivity contribution in [3.63, 3.8) is 0 Å². The molecular weight excluding hydrogens is 308 g/mol. The zero-order chi connectivity index (χ0) is 16.9. The number of hydrogen-bond acceptors (Lipinski definition) is 6. The first-order valence-corrected chi connectivity index (χ1v) is 7.89. The van der Waals surface area contributed by atoms with Gasteiger partial charge in [0, 0.05) is 18.7 Å². The van der Waals surface area contributed by atoms with Crippen LogP contribution in [0.25, 0.3) is 0 Å². The molecule has 7 nitrogen and oxygen atoms in total. The number of likely N-dealkylation sites (tertiary alicyclic amines) is 1. The molecule has 0 radical (unpaired) electrons. The lowest BCUT2D eigenvalue weighted by Crippen LogP contribution is -2.30. The van der Waals surface area contributed by atoms with Crippen LogP contribution in [0.5, 0.6) is 0 Å². The van der Waals surface area contributed by atoms with Crippen molar-refractivity contribution in [3.8, 4) is 6.07 Å². The molecule has 2 aromatic rings. The zero-order valence-corrected chi connectivity index (χ0v) is 13.1. The molecule has 7 heteroatoms. The van der Waals surface area contributed by atoms with Gasteiger partial charge in [-0.2, -0.15) is 5.26 Å². The highest BCUT2D eigenvalue weighted by atomic mass is 16.6. The van der Waals surface area contributed by atoms with Crippen molar-refractivity contribution in [2.45, 2.75) is 18.9 Å². The summed E-state index contributed by atoms with van der Waals surface area (Å²) in [5, 5.41) is 23.3. The number of furan rings is 1. The third-order valence-electron chi connectivity index (χ3n) is 4.27. The Bertz CT molecular complexity index is 746. The fourth-order valence-corrected chi connectivity index (χ4v) is 3.04. The average Bonchev–Trinajstić information content (AvgIpc) is 3.29. The number of nitro benzene ring substituents is 1. The van der Waals surface area contributed by atoms with E-state index in [1.165, 1.54) is 12.1 Å². The lowest BCUT2D eigenvalue weighted by atomic mass is 10.1. The minimum absolute atomic E-state index is 0.0734. The van der Waals surface area contributed by atoms with Crippen LogP contribution in [0.2, 0.25) is 0 Å². The molecule has 1 aliphatic rings. The number of nitrogens with one attached hydrogen (secondary N) is 1. The summed E-state index contributed by atoms with van der Waals surface area (Å²) in [6, 6.07) is 10.2. The predicted octanol–water partition coefficient (Wildman–Crippen LogP) is 3.31. The lowest BCUT2D eigenvalue weighted by Gasteiger charge is -2.26. The van der Waals surface area contributed by atoms with E-state index in [4.69, 9.17) is 4.42 Å². The molecule has 1 N–H and O–H groups in total. The largest absolute Gasteiger partial charge is 0.468 e. The van der Waals surface area contributed by atoms with Gasteiger partial charge < -0.3 is 9.73 Å². The van der Waals surface area contributed by atoms with Gasteiger partial charge >= 0.3 is 0 Å². The summed E-state index contributed by atoms with van der Waals surface area (Å²) in [7, 11) is 0. The van der Waals surface area contributed by atoms with E-state index in [-0.39, 0.29) is 17.3 Å². The van der Waals surface area contributed by atoms with Crippen LogP contribution in [0.1, 0.15) is 30.2 Å². The molecule has 0 aliphatic carbocycles. The monoisotopic (exact) mass is 326 g/mol. The van der Waals surface area contributed by atoms with Crippen molar-refractivity contribution in [1.29, 1.82) is 5.26 Å². The van der Waals surface area contributed by atoms with E-state index in [0.29, 0.717) is 12.2 Å². The Labute approximate surface area is 139 Å². The minimum Gasteiger partial charge on any atom is -0.468 e. The SMILES string of the molecule is N#Cc1cc([N+](=O)[O-])ccc1NC[C@@H](c1ccco1)N1CCCC1. The molecule has 2 heterocycles. The number of hydrogen-bond donors (Lipinski definition) is 1. The second-order valence-corrected chi connectivity index (χ2v) is 5.75. The molecule has 124 valence electrons. The van der Waals surface area contributed by atoms with Crippen LogP contribution in [0.15, 0.2) is 41.0 Å². The van der Waals surface area contributed by atoms with Gasteiger partial charge in [-0.05, 0) is 44.1 Å². The summed E-state index contributed by atoms with van der Waals surface area (Å²) in [6.45, 7) is 2.59. The summed E-state index contributed by atoms with van der Waals surface area (Å²) in [4.78, 5) is 12.7. The van der Waals surface area contributed by atoms with Gasteiger partial charge in [-0.25, -0.2) is 0 Å². The fraction of sp³-hybridized carbons (Fsp3) is 0.353. The Morgan fingerprint density at radius 3 is 2.79 bits per heavy atom. The maximum atomic E-state index is 10.8. The van der Waals surface area contributed by atoms with Crippen LogP contribution in [0, 0.1) is 21.4 Å². The van der Waals surface area contributed by atoms with Gasteiger partial charge in [0.2, 0.25) is 0 Å². The summed E-state index contributed by atoms with van der Waals surface area (Å²) >= 11 is 0. The molecule has 1 aromatic carbocycles. The van der Waals surface area contributed by atoms with Crippen molar-refractivity contribution in [2.24, 2.45) is 0 Å². The first kappa shape index (κ1) is 16.0. The Morgan fingerprint density at radius 1 is 1.38 bits per heavy atom. The second kappa shape index (κ2) is 7.15. The average molecular weight is 326 g/mol. The van der Waals surface area contributed by atoms with Crippen molar-refractivity contribution < 1.29 is 9.34 Å². The first-order valence-electron chi connectivity index (χ1n) is 7.89. The maximum absolute atomic E-state index is 10.8. The van der Waals surface area contributed by atoms with Crippen molar-refractivity contribution in [2.75, 3.05) is 25.0 Å². The molecule has 24 heavy (non-hydrogen) atoms. The Kier molecular flexibility index (Phi) is 4.77. The van der Waals surface area contributed by atoms with E-state index < -0.39 is 4.92 Å². The fourth-order valence-electron chi connectivity index (χ4n) is 3.04. The normalized spacial score (nSPS) is 15.8. The van der Waals surface area contributed by atoms with Gasteiger partial charge in [-0.15, -0.1) is 0 Å². The quantitative estimate of drug-likeness (QED) is 0.646. The summed E-state index contributed by atoms with van der Waals surface area (Å²) in [5.41, 5.74) is 0.780. The smallest absolute Gasteiger partial charge is 0.270 e. The van der Waals surface area contributed by atoms with Gasteiger partial charge in [0.05, 0.1) is 28.5 Å². The second-order valence-electron chi connectivity index (χ2n) is 5.75. The number of nitriles is 1. The Morgan fingerprint density at radius 2 is 2.17 bits per heavy atom. The molecule has 1 aromatic heterocycles. The first-order chi connectivity index (χ1) is 11.7. The van der Waals surface area contributed by atoms with Gasteiger partial charge in [-0.1, -0.05) is 0 Å². The lowest BCUT2D eigenvalue weighted by molar-refractivity contribution is -0.384. The van der Waals surface area contributed by atoms with Crippen LogP contribution in [0.3, 0.4) is 0 Å². The highest BCUT2D eigenvalue weighted by Crippen LogP contribution is 2.27. The third kappa shape index (κ3) is 3.39. The molecule has 1 aliphatic heterocycles. The van der Waals surface area contributed by atoms with E-state index in [1.54, 1.807) is 12.3 Å². The van der Waals surface area contributed by atoms with E-state index in [9.17, 15) is 15.4 Å². The van der Waals surface area contributed by atoms with E-state index in [1.807, 2.05) is 18.2 Å². The summed E-state index contributed by atoms with van der Waals surface area (Å²) < 4.78 is 5.57. The molecule has 1 atom stereocenters. The molecule has 1 saturated heterocycles. The molecule has 1 fully saturated rings. The molecule has 3 rings (SSSR count). The van der Waals surface area contributed by atoms with Gasteiger partial charge in [-0.3, -0.25) is 15.0 Å². The molecule has 0 spiro atoms. The topological polar surface area (TPSA) is 95.3 Å². The third-order valence-corrected chi connectivity index (χ3v) is 4.27.